The highest BCUT2D eigenvalue weighted by atomic mass is 35.5. The van der Waals surface area contributed by atoms with E-state index in [0.29, 0.717) is 10.9 Å². The van der Waals surface area contributed by atoms with Crippen LogP contribution in [0.4, 0.5) is 5.82 Å². The van der Waals surface area contributed by atoms with Gasteiger partial charge in [0.2, 0.25) is 0 Å². The number of rotatable bonds is 7. The van der Waals surface area contributed by atoms with Gasteiger partial charge in [-0.1, -0.05) is 37.6 Å². The summed E-state index contributed by atoms with van der Waals surface area (Å²) in [5.74, 6) is 1.45. The van der Waals surface area contributed by atoms with Gasteiger partial charge in [-0.25, -0.2) is 4.98 Å². The van der Waals surface area contributed by atoms with Crippen LogP contribution in [0.3, 0.4) is 0 Å². The molecule has 1 N–H and O–H groups in total. The molecule has 0 amide bonds. The molecule has 1 aromatic rings. The van der Waals surface area contributed by atoms with Crippen molar-refractivity contribution in [3.63, 3.8) is 0 Å². The third-order valence-electron chi connectivity index (χ3n) is 2.63. The van der Waals surface area contributed by atoms with E-state index in [-0.39, 0.29) is 0 Å². The summed E-state index contributed by atoms with van der Waals surface area (Å²) in [7, 11) is 1.97. The Labute approximate surface area is 121 Å². The maximum absolute atomic E-state index is 6.29. The van der Waals surface area contributed by atoms with E-state index < -0.39 is 0 Å². The van der Waals surface area contributed by atoms with Gasteiger partial charge in [0, 0.05) is 26.3 Å². The lowest BCUT2D eigenvalue weighted by molar-refractivity contribution is 0.552. The Balaban J connectivity index is 2.66. The maximum Gasteiger partial charge on any atom is 0.147 e. The van der Waals surface area contributed by atoms with Gasteiger partial charge in [0.15, 0.2) is 0 Å². The van der Waals surface area contributed by atoms with E-state index in [2.05, 4.69) is 30.7 Å². The number of aromatic nitrogens is 1. The normalized spacial score (nSPS) is 10.8. The second-order valence-corrected chi connectivity index (χ2v) is 5.89. The highest BCUT2D eigenvalue weighted by Crippen LogP contribution is 2.23. The number of anilines is 1. The summed E-state index contributed by atoms with van der Waals surface area (Å²) in [5, 5.41) is 4.07. The molecule has 0 aliphatic rings. The predicted octanol–water partition coefficient (Wildman–Crippen LogP) is 3.49. The second-order valence-electron chi connectivity index (χ2n) is 5.49. The Morgan fingerprint density at radius 1 is 1.53 bits per heavy atom. The molecule has 0 saturated carbocycles. The van der Waals surface area contributed by atoms with Gasteiger partial charge in [-0.3, -0.25) is 0 Å². The van der Waals surface area contributed by atoms with Crippen LogP contribution in [-0.4, -0.2) is 25.1 Å². The minimum Gasteiger partial charge on any atom is -0.354 e. The van der Waals surface area contributed by atoms with Crippen LogP contribution >= 0.6 is 11.6 Å². The van der Waals surface area contributed by atoms with Gasteiger partial charge < -0.3 is 10.2 Å². The van der Waals surface area contributed by atoms with Crippen LogP contribution in [0.25, 0.3) is 0 Å². The summed E-state index contributed by atoms with van der Waals surface area (Å²) in [6, 6.07) is 1.98. The number of halogens is 1. The van der Waals surface area contributed by atoms with Crippen molar-refractivity contribution < 1.29 is 0 Å². The number of pyridine rings is 1. The first kappa shape index (κ1) is 16.0. The first-order chi connectivity index (χ1) is 8.90. The van der Waals surface area contributed by atoms with Gasteiger partial charge in [-0.15, -0.1) is 0 Å². The molecule has 1 aromatic heterocycles. The van der Waals surface area contributed by atoms with Crippen molar-refractivity contribution in [2.24, 2.45) is 5.92 Å². The fourth-order valence-electron chi connectivity index (χ4n) is 1.83. The summed E-state index contributed by atoms with van der Waals surface area (Å²) < 4.78 is 0. The lowest BCUT2D eigenvalue weighted by Gasteiger charge is -2.19. The van der Waals surface area contributed by atoms with Crippen LogP contribution in [0.1, 0.15) is 26.3 Å². The minimum absolute atomic E-state index is 0.643. The number of nitrogens with zero attached hydrogens (tertiary/aromatic N) is 2. The molecule has 106 valence electrons. The van der Waals surface area contributed by atoms with E-state index in [0.717, 1.165) is 36.6 Å². The summed E-state index contributed by atoms with van der Waals surface area (Å²) in [6.07, 6.45) is 1.88. The smallest absolute Gasteiger partial charge is 0.147 e. The molecule has 0 bridgehead atoms. The highest BCUT2D eigenvalue weighted by molar-refractivity contribution is 6.33. The third-order valence-corrected chi connectivity index (χ3v) is 2.91. The van der Waals surface area contributed by atoms with Gasteiger partial charge in [0.25, 0.3) is 0 Å². The van der Waals surface area contributed by atoms with E-state index in [4.69, 9.17) is 11.6 Å². The number of likely N-dealkylation sites (N-methyl/N-ethyl adjacent to an activating group) is 1. The Bertz CT molecular complexity index is 429. The molecule has 3 nitrogen and oxygen atoms in total. The standard InChI is InChI=1S/C15H24ClN3/c1-11(2)7-17-8-13-6-14(16)15(18-9-13)19(5)10-12(3)4/h6,9,11,17H,3,7-8,10H2,1-2,4-5H3. The Kier molecular flexibility index (Phi) is 6.32. The molecule has 0 aromatic carbocycles. The van der Waals surface area contributed by atoms with Crippen molar-refractivity contribution in [3.8, 4) is 0 Å². The fourth-order valence-corrected chi connectivity index (χ4v) is 2.17. The first-order valence-electron chi connectivity index (χ1n) is 6.60. The molecule has 0 aliphatic heterocycles. The average molecular weight is 282 g/mol. The topological polar surface area (TPSA) is 28.2 Å². The van der Waals surface area contributed by atoms with E-state index in [1.54, 1.807) is 0 Å². The van der Waals surface area contributed by atoms with Gasteiger partial charge in [0.05, 0.1) is 5.02 Å². The van der Waals surface area contributed by atoms with Crippen molar-refractivity contribution >= 4 is 17.4 Å². The van der Waals surface area contributed by atoms with E-state index >= 15 is 0 Å². The maximum atomic E-state index is 6.29. The lowest BCUT2D eigenvalue weighted by Crippen LogP contribution is -2.21. The molecule has 4 heteroatoms. The average Bonchev–Trinajstić information content (AvgIpc) is 2.27. The third kappa shape index (κ3) is 5.62. The summed E-state index contributed by atoms with van der Waals surface area (Å²) in [5.41, 5.74) is 2.20. The van der Waals surface area contributed by atoms with Crippen LogP contribution in [0.2, 0.25) is 5.02 Å². The molecule has 1 heterocycles. The van der Waals surface area contributed by atoms with E-state index in [1.807, 2.05) is 31.1 Å². The molecule has 0 atom stereocenters. The van der Waals surface area contributed by atoms with Gasteiger partial charge in [0.1, 0.15) is 5.82 Å². The van der Waals surface area contributed by atoms with Crippen LogP contribution in [0, 0.1) is 5.92 Å². The van der Waals surface area contributed by atoms with Gasteiger partial charge in [-0.05, 0) is 31.0 Å². The lowest BCUT2D eigenvalue weighted by atomic mass is 10.2. The Morgan fingerprint density at radius 2 is 2.21 bits per heavy atom. The first-order valence-corrected chi connectivity index (χ1v) is 6.98. The number of hydrogen-bond acceptors (Lipinski definition) is 3. The number of hydrogen-bond donors (Lipinski definition) is 1. The molecule has 0 unspecified atom stereocenters. The zero-order valence-electron chi connectivity index (χ0n) is 12.3. The molecule has 0 aliphatic carbocycles. The zero-order chi connectivity index (χ0) is 14.4. The molecule has 0 fully saturated rings. The van der Waals surface area contributed by atoms with Crippen LogP contribution < -0.4 is 10.2 Å². The van der Waals surface area contributed by atoms with Crippen LogP contribution in [0.5, 0.6) is 0 Å². The van der Waals surface area contributed by atoms with Gasteiger partial charge >= 0.3 is 0 Å². The second kappa shape index (κ2) is 7.51. The monoisotopic (exact) mass is 281 g/mol. The summed E-state index contributed by atoms with van der Waals surface area (Å²) >= 11 is 6.29. The van der Waals surface area contributed by atoms with Crippen molar-refractivity contribution in [1.82, 2.24) is 10.3 Å². The highest BCUT2D eigenvalue weighted by Gasteiger charge is 2.08. The van der Waals surface area contributed by atoms with Crippen LogP contribution in [-0.2, 0) is 6.54 Å². The largest absolute Gasteiger partial charge is 0.354 e. The SMILES string of the molecule is C=C(C)CN(C)c1ncc(CNCC(C)C)cc1Cl. The van der Waals surface area contributed by atoms with E-state index in [1.165, 1.54) is 0 Å². The quantitative estimate of drug-likeness (QED) is 0.776. The van der Waals surface area contributed by atoms with Crippen molar-refractivity contribution in [3.05, 3.63) is 35.0 Å². The molecule has 0 radical (unpaired) electrons. The molecular formula is C15H24ClN3. The van der Waals surface area contributed by atoms with Crippen molar-refractivity contribution in [2.45, 2.75) is 27.3 Å². The van der Waals surface area contributed by atoms with Gasteiger partial charge in [-0.2, -0.15) is 0 Å². The summed E-state index contributed by atoms with van der Waals surface area (Å²) in [6.45, 7) is 12.8. The zero-order valence-corrected chi connectivity index (χ0v) is 13.1. The molecule has 1 rings (SSSR count). The fraction of sp³-hybridized carbons (Fsp3) is 0.533. The minimum atomic E-state index is 0.643. The molecule has 0 spiro atoms. The molecule has 0 saturated heterocycles. The van der Waals surface area contributed by atoms with E-state index in [9.17, 15) is 0 Å². The Morgan fingerprint density at radius 3 is 2.74 bits per heavy atom. The van der Waals surface area contributed by atoms with Crippen molar-refractivity contribution in [2.75, 3.05) is 25.0 Å². The molecule has 19 heavy (non-hydrogen) atoms. The molecular weight excluding hydrogens is 258 g/mol. The van der Waals surface area contributed by atoms with Crippen LogP contribution in [0.15, 0.2) is 24.4 Å². The summed E-state index contributed by atoms with van der Waals surface area (Å²) in [4.78, 5) is 6.45. The van der Waals surface area contributed by atoms with Crippen molar-refractivity contribution in [1.29, 1.82) is 0 Å². The Hall–Kier alpha value is -1.06. The predicted molar refractivity (Wildman–Crippen MR) is 83.9 cm³/mol. The number of nitrogens with one attached hydrogen (secondary N) is 1.